The van der Waals surface area contributed by atoms with Crippen LogP contribution >= 0.6 is 0 Å². The van der Waals surface area contributed by atoms with E-state index in [0.29, 0.717) is 26.0 Å². The molecule has 2 aromatic rings. The summed E-state index contributed by atoms with van der Waals surface area (Å²) in [6, 6.07) is 16.8. The van der Waals surface area contributed by atoms with Gasteiger partial charge < -0.3 is 19.7 Å². The predicted molar refractivity (Wildman–Crippen MR) is 120 cm³/mol. The van der Waals surface area contributed by atoms with Crippen molar-refractivity contribution in [1.29, 1.82) is 0 Å². The lowest BCUT2D eigenvalue weighted by Gasteiger charge is -2.22. The van der Waals surface area contributed by atoms with E-state index in [0.717, 1.165) is 16.9 Å². The number of carbonyl (C=O) groups is 3. The first-order chi connectivity index (χ1) is 15.5. The van der Waals surface area contributed by atoms with Crippen LogP contribution in [0.1, 0.15) is 36.3 Å². The molecule has 1 heterocycles. The molecule has 0 bridgehead atoms. The van der Waals surface area contributed by atoms with Crippen molar-refractivity contribution in [1.82, 2.24) is 10.2 Å². The first kappa shape index (κ1) is 23.3. The number of nitrogens with one attached hydrogen (secondary N) is 1. The van der Waals surface area contributed by atoms with E-state index < -0.39 is 12.0 Å². The van der Waals surface area contributed by atoms with Gasteiger partial charge >= 0.3 is 5.97 Å². The molecule has 3 rings (SSSR count). The van der Waals surface area contributed by atoms with Crippen LogP contribution in [0.4, 0.5) is 0 Å². The van der Waals surface area contributed by atoms with E-state index in [9.17, 15) is 14.4 Å². The van der Waals surface area contributed by atoms with Crippen molar-refractivity contribution in [2.75, 3.05) is 26.8 Å². The highest BCUT2D eigenvalue weighted by molar-refractivity contribution is 5.89. The minimum Gasteiger partial charge on any atom is -0.494 e. The Morgan fingerprint density at radius 3 is 2.59 bits per heavy atom. The largest absolute Gasteiger partial charge is 0.494 e. The number of esters is 1. The Labute approximate surface area is 188 Å². The molecule has 1 aliphatic rings. The molecule has 2 aromatic carbocycles. The SMILES string of the molecule is COC(=O)[C@@H]1C[C@H](c2cccc(C)c2)CN1C(=O)CNC(=O)CCCOc1ccccc1. The number of rotatable bonds is 9. The fourth-order valence-corrected chi connectivity index (χ4v) is 3.94. The number of hydrogen-bond donors (Lipinski definition) is 1. The number of hydrogen-bond acceptors (Lipinski definition) is 5. The van der Waals surface area contributed by atoms with E-state index in [2.05, 4.69) is 11.4 Å². The normalized spacial score (nSPS) is 17.6. The van der Waals surface area contributed by atoms with Crippen molar-refractivity contribution >= 4 is 17.8 Å². The molecular formula is C25H30N2O5. The van der Waals surface area contributed by atoms with E-state index in [-0.39, 0.29) is 30.7 Å². The Morgan fingerprint density at radius 2 is 1.88 bits per heavy atom. The molecule has 1 fully saturated rings. The summed E-state index contributed by atoms with van der Waals surface area (Å²) >= 11 is 0. The van der Waals surface area contributed by atoms with Gasteiger partial charge in [0.15, 0.2) is 0 Å². The molecule has 0 unspecified atom stereocenters. The molecule has 2 atom stereocenters. The summed E-state index contributed by atoms with van der Waals surface area (Å²) in [4.78, 5) is 38.8. The quantitative estimate of drug-likeness (QED) is 0.481. The second-order valence-electron chi connectivity index (χ2n) is 7.97. The average molecular weight is 439 g/mol. The first-order valence-electron chi connectivity index (χ1n) is 10.9. The third-order valence-corrected chi connectivity index (χ3v) is 5.61. The second kappa shape index (κ2) is 11.3. The summed E-state index contributed by atoms with van der Waals surface area (Å²) in [7, 11) is 1.32. The van der Waals surface area contributed by atoms with Crippen LogP contribution in [0.3, 0.4) is 0 Å². The zero-order chi connectivity index (χ0) is 22.9. The highest BCUT2D eigenvalue weighted by Gasteiger charge is 2.40. The molecular weight excluding hydrogens is 408 g/mol. The number of methoxy groups -OCH3 is 1. The maximum absolute atomic E-state index is 12.8. The summed E-state index contributed by atoms with van der Waals surface area (Å²) in [6.45, 7) is 2.70. The van der Waals surface area contributed by atoms with E-state index >= 15 is 0 Å². The lowest BCUT2D eigenvalue weighted by molar-refractivity contribution is -0.150. The van der Waals surface area contributed by atoms with E-state index in [1.807, 2.05) is 55.5 Å². The van der Waals surface area contributed by atoms with E-state index in [1.54, 1.807) is 0 Å². The van der Waals surface area contributed by atoms with Crippen LogP contribution in [-0.4, -0.2) is 55.5 Å². The molecule has 170 valence electrons. The fraction of sp³-hybridized carbons (Fsp3) is 0.400. The minimum atomic E-state index is -0.644. The number of nitrogens with zero attached hydrogens (tertiary/aromatic N) is 1. The smallest absolute Gasteiger partial charge is 0.328 e. The van der Waals surface area contributed by atoms with Crippen LogP contribution in [0.25, 0.3) is 0 Å². The van der Waals surface area contributed by atoms with E-state index in [1.165, 1.54) is 12.0 Å². The highest BCUT2D eigenvalue weighted by atomic mass is 16.5. The summed E-state index contributed by atoms with van der Waals surface area (Å²) in [6.07, 6.45) is 1.30. The minimum absolute atomic E-state index is 0.0498. The number of ether oxygens (including phenoxy) is 2. The summed E-state index contributed by atoms with van der Waals surface area (Å²) in [5.41, 5.74) is 2.22. The third-order valence-electron chi connectivity index (χ3n) is 5.61. The standard InChI is InChI=1S/C25H30N2O5/c1-18-8-6-9-19(14-18)20-15-22(25(30)31-2)27(17-20)24(29)16-26-23(28)12-7-13-32-21-10-4-3-5-11-21/h3-6,8-11,14,20,22H,7,12-13,15-17H2,1-2H3,(H,26,28)/t20-,22-/m0/s1. The van der Waals surface area contributed by atoms with Crippen molar-refractivity contribution in [2.24, 2.45) is 0 Å². The molecule has 1 N–H and O–H groups in total. The Hall–Kier alpha value is -3.35. The number of amides is 2. The third kappa shape index (κ3) is 6.33. The number of para-hydroxylation sites is 1. The topological polar surface area (TPSA) is 84.9 Å². The van der Waals surface area contributed by atoms with Crippen molar-refractivity contribution in [3.63, 3.8) is 0 Å². The molecule has 7 nitrogen and oxygen atoms in total. The second-order valence-corrected chi connectivity index (χ2v) is 7.97. The maximum Gasteiger partial charge on any atom is 0.328 e. The molecule has 7 heteroatoms. The molecule has 1 aliphatic heterocycles. The van der Waals surface area contributed by atoms with Gasteiger partial charge in [0, 0.05) is 18.9 Å². The lowest BCUT2D eigenvalue weighted by atomic mass is 9.95. The highest BCUT2D eigenvalue weighted by Crippen LogP contribution is 2.32. The van der Waals surface area contributed by atoms with Gasteiger partial charge in [0.1, 0.15) is 11.8 Å². The van der Waals surface area contributed by atoms with Crippen molar-refractivity contribution in [3.05, 3.63) is 65.7 Å². The number of aryl methyl sites for hydroxylation is 1. The summed E-state index contributed by atoms with van der Waals surface area (Å²) < 4.78 is 10.5. The van der Waals surface area contributed by atoms with Gasteiger partial charge in [0.2, 0.25) is 11.8 Å². The predicted octanol–water partition coefficient (Wildman–Crippen LogP) is 2.83. The number of carbonyl (C=O) groups excluding carboxylic acids is 3. The maximum atomic E-state index is 12.8. The van der Waals surface area contributed by atoms with Crippen LogP contribution in [0, 0.1) is 6.92 Å². The van der Waals surface area contributed by atoms with Crippen LogP contribution in [0.5, 0.6) is 5.75 Å². The molecule has 2 amide bonds. The summed E-state index contributed by atoms with van der Waals surface area (Å²) in [5.74, 6) is -0.135. The van der Waals surface area contributed by atoms with Gasteiger partial charge in [-0.3, -0.25) is 9.59 Å². The van der Waals surface area contributed by atoms with Gasteiger partial charge in [0.05, 0.1) is 20.3 Å². The number of likely N-dealkylation sites (tertiary alicyclic amines) is 1. The van der Waals surface area contributed by atoms with Crippen LogP contribution in [0.15, 0.2) is 54.6 Å². The van der Waals surface area contributed by atoms with Crippen molar-refractivity contribution in [2.45, 2.75) is 38.1 Å². The fourth-order valence-electron chi connectivity index (χ4n) is 3.94. The van der Waals surface area contributed by atoms with Crippen LogP contribution in [-0.2, 0) is 19.1 Å². The lowest BCUT2D eigenvalue weighted by Crippen LogP contribution is -2.46. The molecule has 32 heavy (non-hydrogen) atoms. The van der Waals surface area contributed by atoms with Gasteiger partial charge in [-0.25, -0.2) is 4.79 Å². The molecule has 1 saturated heterocycles. The van der Waals surface area contributed by atoms with Crippen molar-refractivity contribution in [3.8, 4) is 5.75 Å². The summed E-state index contributed by atoms with van der Waals surface area (Å²) in [5, 5.41) is 2.66. The molecule has 0 radical (unpaired) electrons. The number of benzene rings is 2. The Kier molecular flexibility index (Phi) is 8.25. The Morgan fingerprint density at radius 1 is 1.09 bits per heavy atom. The van der Waals surface area contributed by atoms with Crippen LogP contribution < -0.4 is 10.1 Å². The molecule has 0 aliphatic carbocycles. The van der Waals surface area contributed by atoms with Gasteiger partial charge in [-0.1, -0.05) is 48.0 Å². The zero-order valence-corrected chi connectivity index (χ0v) is 18.6. The Bertz CT molecular complexity index is 931. The Balaban J connectivity index is 1.48. The van der Waals surface area contributed by atoms with Gasteiger partial charge in [0.25, 0.3) is 0 Å². The van der Waals surface area contributed by atoms with Gasteiger partial charge in [-0.05, 0) is 37.5 Å². The van der Waals surface area contributed by atoms with Crippen LogP contribution in [0.2, 0.25) is 0 Å². The van der Waals surface area contributed by atoms with Gasteiger partial charge in [-0.2, -0.15) is 0 Å². The monoisotopic (exact) mass is 438 g/mol. The zero-order valence-electron chi connectivity index (χ0n) is 18.6. The molecule has 0 saturated carbocycles. The average Bonchev–Trinajstić information content (AvgIpc) is 3.26. The van der Waals surface area contributed by atoms with E-state index in [4.69, 9.17) is 9.47 Å². The van der Waals surface area contributed by atoms with Crippen molar-refractivity contribution < 1.29 is 23.9 Å². The molecule has 0 spiro atoms. The molecule has 0 aromatic heterocycles. The first-order valence-corrected chi connectivity index (χ1v) is 10.9. The van der Waals surface area contributed by atoms with Gasteiger partial charge in [-0.15, -0.1) is 0 Å².